The minimum absolute atomic E-state index is 0.139. The smallest absolute Gasteiger partial charge is 0.290 e. The van der Waals surface area contributed by atoms with Crippen molar-refractivity contribution in [2.45, 2.75) is 39.4 Å². The highest BCUT2D eigenvalue weighted by atomic mass is 16.5. The van der Waals surface area contributed by atoms with Crippen LogP contribution in [0.4, 0.5) is 0 Å². The van der Waals surface area contributed by atoms with Crippen LogP contribution in [0.2, 0.25) is 0 Å². The molecule has 1 saturated heterocycles. The van der Waals surface area contributed by atoms with E-state index in [9.17, 15) is 5.11 Å². The van der Waals surface area contributed by atoms with Gasteiger partial charge in [0.25, 0.3) is 12.9 Å². The number of methoxy groups -OCH3 is 1. The predicted octanol–water partition coefficient (Wildman–Crippen LogP) is 1.72. The molecule has 10 nitrogen and oxygen atoms in total. The van der Waals surface area contributed by atoms with E-state index in [0.717, 1.165) is 36.8 Å². The predicted molar refractivity (Wildman–Crippen MR) is 119 cm³/mol. The van der Waals surface area contributed by atoms with E-state index in [2.05, 4.69) is 38.0 Å². The Bertz CT molecular complexity index is 786. The summed E-state index contributed by atoms with van der Waals surface area (Å²) in [5, 5.41) is 23.2. The molecule has 1 aliphatic heterocycles. The van der Waals surface area contributed by atoms with Gasteiger partial charge in [0.05, 0.1) is 25.7 Å². The molecule has 32 heavy (non-hydrogen) atoms. The molecule has 2 heterocycles. The SMILES string of the molecule is COc1ccc(CN(CCO)Cc2nc[nH]c2C)cc1CN1CCCC1.O=CO.O=CO. The van der Waals surface area contributed by atoms with Gasteiger partial charge < -0.3 is 25.0 Å². The number of aromatic nitrogens is 2. The summed E-state index contributed by atoms with van der Waals surface area (Å²) in [6.45, 7) is 7.08. The van der Waals surface area contributed by atoms with Gasteiger partial charge in [0.1, 0.15) is 5.75 Å². The number of carbonyl (C=O) groups is 2. The Hall–Kier alpha value is -2.95. The van der Waals surface area contributed by atoms with E-state index < -0.39 is 0 Å². The first-order valence-corrected chi connectivity index (χ1v) is 10.4. The molecule has 4 N–H and O–H groups in total. The van der Waals surface area contributed by atoms with E-state index in [-0.39, 0.29) is 19.6 Å². The van der Waals surface area contributed by atoms with Gasteiger partial charge in [-0.3, -0.25) is 19.4 Å². The number of rotatable bonds is 9. The van der Waals surface area contributed by atoms with Crippen molar-refractivity contribution in [3.8, 4) is 5.75 Å². The van der Waals surface area contributed by atoms with Crippen molar-refractivity contribution >= 4 is 12.9 Å². The van der Waals surface area contributed by atoms with Crippen molar-refractivity contribution in [2.75, 3.05) is 33.4 Å². The Morgan fingerprint density at radius 2 is 1.84 bits per heavy atom. The van der Waals surface area contributed by atoms with Gasteiger partial charge in [-0.1, -0.05) is 6.07 Å². The summed E-state index contributed by atoms with van der Waals surface area (Å²) in [4.78, 5) is 28.9. The highest BCUT2D eigenvalue weighted by Gasteiger charge is 2.16. The molecule has 0 atom stereocenters. The normalized spacial score (nSPS) is 13.0. The third-order valence-corrected chi connectivity index (χ3v) is 5.07. The fourth-order valence-electron chi connectivity index (χ4n) is 3.61. The number of aryl methyl sites for hydroxylation is 1. The van der Waals surface area contributed by atoms with E-state index in [1.165, 1.54) is 37.1 Å². The number of carboxylic acid groups (broad SMARTS) is 2. The first kappa shape index (κ1) is 27.1. The highest BCUT2D eigenvalue weighted by Crippen LogP contribution is 2.24. The fourth-order valence-corrected chi connectivity index (χ4v) is 3.61. The molecule has 10 heteroatoms. The lowest BCUT2D eigenvalue weighted by atomic mass is 10.1. The van der Waals surface area contributed by atoms with Gasteiger partial charge in [0.2, 0.25) is 0 Å². The summed E-state index contributed by atoms with van der Waals surface area (Å²) >= 11 is 0. The van der Waals surface area contributed by atoms with Crippen LogP contribution in [0.1, 0.15) is 35.4 Å². The van der Waals surface area contributed by atoms with Gasteiger partial charge in [-0.15, -0.1) is 0 Å². The lowest BCUT2D eigenvalue weighted by Gasteiger charge is -2.22. The maximum absolute atomic E-state index is 9.44. The van der Waals surface area contributed by atoms with Crippen molar-refractivity contribution in [3.05, 3.63) is 47.0 Å². The number of imidazole rings is 1. The molecular weight excluding hydrogens is 416 g/mol. The summed E-state index contributed by atoms with van der Waals surface area (Å²) in [6.07, 6.45) is 4.30. The van der Waals surface area contributed by atoms with Gasteiger partial charge in [0, 0.05) is 37.4 Å². The van der Waals surface area contributed by atoms with Crippen LogP contribution in [-0.4, -0.2) is 81.4 Å². The zero-order valence-corrected chi connectivity index (χ0v) is 18.7. The van der Waals surface area contributed by atoms with Crippen LogP contribution >= 0.6 is 0 Å². The molecule has 1 aliphatic rings. The second-order valence-electron chi connectivity index (χ2n) is 7.25. The maximum Gasteiger partial charge on any atom is 0.290 e. The van der Waals surface area contributed by atoms with Crippen molar-refractivity contribution in [1.82, 2.24) is 19.8 Å². The monoisotopic (exact) mass is 450 g/mol. The van der Waals surface area contributed by atoms with Gasteiger partial charge in [-0.05, 0) is 50.6 Å². The van der Waals surface area contributed by atoms with Gasteiger partial charge in [-0.2, -0.15) is 0 Å². The molecule has 1 aromatic heterocycles. The van der Waals surface area contributed by atoms with Crippen LogP contribution in [0, 0.1) is 6.92 Å². The molecule has 1 fully saturated rings. The first-order valence-electron chi connectivity index (χ1n) is 10.4. The van der Waals surface area contributed by atoms with Crippen molar-refractivity contribution in [2.24, 2.45) is 0 Å². The van der Waals surface area contributed by atoms with Crippen LogP contribution in [0.25, 0.3) is 0 Å². The molecular formula is C22H34N4O6. The second kappa shape index (κ2) is 15.8. The number of ether oxygens (including phenoxy) is 1. The minimum Gasteiger partial charge on any atom is -0.496 e. The van der Waals surface area contributed by atoms with Crippen LogP contribution < -0.4 is 4.74 Å². The van der Waals surface area contributed by atoms with Crippen molar-refractivity contribution in [1.29, 1.82) is 0 Å². The van der Waals surface area contributed by atoms with Crippen LogP contribution in [0.3, 0.4) is 0 Å². The average Bonchev–Trinajstić information content (AvgIpc) is 3.42. The van der Waals surface area contributed by atoms with Crippen molar-refractivity contribution < 1.29 is 29.6 Å². The summed E-state index contributed by atoms with van der Waals surface area (Å²) in [7, 11) is 1.74. The van der Waals surface area contributed by atoms with E-state index in [4.69, 9.17) is 24.5 Å². The lowest BCUT2D eigenvalue weighted by Crippen LogP contribution is -2.26. The molecule has 0 radical (unpaired) electrons. The number of aliphatic hydroxyl groups excluding tert-OH is 1. The molecule has 3 rings (SSSR count). The Labute approximate surface area is 188 Å². The average molecular weight is 451 g/mol. The number of aromatic amines is 1. The molecule has 0 amide bonds. The van der Waals surface area contributed by atoms with Crippen LogP contribution in [0.5, 0.6) is 5.75 Å². The van der Waals surface area contributed by atoms with E-state index >= 15 is 0 Å². The number of likely N-dealkylation sites (tertiary alicyclic amines) is 1. The van der Waals surface area contributed by atoms with Gasteiger partial charge in [-0.25, -0.2) is 4.98 Å². The van der Waals surface area contributed by atoms with E-state index in [0.29, 0.717) is 6.54 Å². The molecule has 0 aliphatic carbocycles. The minimum atomic E-state index is -0.250. The van der Waals surface area contributed by atoms with Gasteiger partial charge >= 0.3 is 0 Å². The number of nitrogens with one attached hydrogen (secondary N) is 1. The number of aliphatic hydroxyl groups is 1. The summed E-state index contributed by atoms with van der Waals surface area (Å²) in [5.74, 6) is 0.956. The summed E-state index contributed by atoms with van der Waals surface area (Å²) in [5.41, 5.74) is 4.59. The number of hydrogen-bond acceptors (Lipinski definition) is 7. The van der Waals surface area contributed by atoms with Crippen LogP contribution in [0.15, 0.2) is 24.5 Å². The fraction of sp³-hybridized carbons (Fsp3) is 0.500. The Kier molecular flexibility index (Phi) is 13.4. The highest BCUT2D eigenvalue weighted by molar-refractivity contribution is 5.37. The van der Waals surface area contributed by atoms with Gasteiger partial charge in [0.15, 0.2) is 0 Å². The van der Waals surface area contributed by atoms with E-state index in [1.54, 1.807) is 13.4 Å². The quantitative estimate of drug-likeness (QED) is 0.420. The summed E-state index contributed by atoms with van der Waals surface area (Å²) in [6, 6.07) is 6.44. The molecule has 0 spiro atoms. The third-order valence-electron chi connectivity index (χ3n) is 5.07. The number of benzene rings is 1. The zero-order chi connectivity index (χ0) is 23.8. The van der Waals surface area contributed by atoms with Crippen LogP contribution in [-0.2, 0) is 29.2 Å². The standard InChI is InChI=1S/C20H30N4O2.2CH2O2/c1-16-19(22-15-21-16)14-24(9-10-25)12-17-5-6-20(26-2)18(11-17)13-23-7-3-4-8-23;2*2-1-3/h5-6,11,15,25H,3-4,7-10,12-14H2,1-2H3,(H,21,22);2*1H,(H,2,3). The molecule has 0 saturated carbocycles. The summed E-state index contributed by atoms with van der Waals surface area (Å²) < 4.78 is 5.57. The molecule has 2 aromatic rings. The zero-order valence-electron chi connectivity index (χ0n) is 18.7. The number of hydrogen-bond donors (Lipinski definition) is 4. The molecule has 0 bridgehead atoms. The number of nitrogens with zero attached hydrogens (tertiary/aromatic N) is 3. The molecule has 1 aromatic carbocycles. The Morgan fingerprint density at radius 3 is 2.38 bits per heavy atom. The van der Waals surface area contributed by atoms with Crippen molar-refractivity contribution in [3.63, 3.8) is 0 Å². The van der Waals surface area contributed by atoms with E-state index in [1.807, 2.05) is 6.92 Å². The third kappa shape index (κ3) is 9.46. The molecule has 0 unspecified atom stereocenters. The second-order valence-corrected chi connectivity index (χ2v) is 7.25. The topological polar surface area (TPSA) is 139 Å². The maximum atomic E-state index is 9.44. The number of H-pyrrole nitrogens is 1. The molecule has 178 valence electrons. The largest absolute Gasteiger partial charge is 0.496 e. The Morgan fingerprint density at radius 1 is 1.19 bits per heavy atom. The lowest BCUT2D eigenvalue weighted by molar-refractivity contribution is -0.123. The Balaban J connectivity index is 0.000000769. The first-order chi connectivity index (χ1) is 15.5.